The maximum absolute atomic E-state index is 8.51. The largest absolute Gasteiger partial charge is 1.00 e. The van der Waals surface area contributed by atoms with Gasteiger partial charge in [-0.15, -0.1) is 0 Å². The Morgan fingerprint density at radius 3 is 1.86 bits per heavy atom. The summed E-state index contributed by atoms with van der Waals surface area (Å²) in [5.74, 6) is 0. The molecule has 0 fully saturated rings. The van der Waals surface area contributed by atoms with Gasteiger partial charge < -0.3 is 6.58 Å². The van der Waals surface area contributed by atoms with Gasteiger partial charge in [-0.3, -0.25) is 6.08 Å². The molecule has 0 spiro atoms. The molecule has 0 aromatic carbocycles. The van der Waals surface area contributed by atoms with Gasteiger partial charge in [0.25, 0.3) is 0 Å². The average Bonchev–Trinajstić information content (AvgIpc) is 1.39. The molecule has 0 heterocycles. The van der Waals surface area contributed by atoms with Gasteiger partial charge in [-0.05, 0) is 4.57 Å². The minimum absolute atomic E-state index is 0. The van der Waals surface area contributed by atoms with Gasteiger partial charge in [0, 0.05) is 0 Å². The third kappa shape index (κ3) is 107. The van der Waals surface area contributed by atoms with Gasteiger partial charge in [0.1, 0.15) is 0 Å². The molecule has 0 aliphatic rings. The Hall–Kier alpha value is 1.44. The van der Waals surface area contributed by atoms with E-state index in [2.05, 4.69) is 0 Å². The third-order valence-corrected chi connectivity index (χ3v) is 0. The van der Waals surface area contributed by atoms with Crippen LogP contribution >= 0.6 is 8.69 Å². The molecule has 0 aliphatic carbocycles. The quantitative estimate of drug-likeness (QED) is 0.241. The van der Waals surface area contributed by atoms with Crippen molar-refractivity contribution in [3.05, 3.63) is 12.7 Å². The first-order valence-corrected chi connectivity index (χ1v) is 2.19. The summed E-state index contributed by atoms with van der Waals surface area (Å²) in [5.41, 5.74) is 0. The second kappa shape index (κ2) is 26.1. The minimum atomic E-state index is -1.17. The monoisotopic (exact) mass is 145 g/mol. The van der Waals surface area contributed by atoms with Crippen LogP contribution < -0.4 is 51.4 Å². The van der Waals surface area contributed by atoms with Crippen molar-refractivity contribution >= 4 is 8.69 Å². The number of allylic oxidation sites excluding steroid dienone is 1. The first-order valence-electron chi connectivity index (χ1n) is 1.34. The molecule has 0 rings (SSSR count). The van der Waals surface area contributed by atoms with E-state index in [0.29, 0.717) is 0 Å². The topological polar surface area (TPSA) is 37.3 Å². The molecule has 0 aromatic rings. The summed E-state index contributed by atoms with van der Waals surface area (Å²) in [6.07, 6.45) is 1.50. The van der Waals surface area contributed by atoms with Crippen LogP contribution in [0, 0.1) is 6.58 Å². The summed E-state index contributed by atoms with van der Waals surface area (Å²) in [7, 11) is -1.17. The Balaban J connectivity index is -0.0000000400. The number of rotatable bonds is 0. The average molecular weight is 145 g/mol. The molecule has 0 radical (unpaired) electrons. The van der Waals surface area contributed by atoms with Crippen LogP contribution in [0.2, 0.25) is 0 Å². The fourth-order valence-electron chi connectivity index (χ4n) is 0. The molecular weight excluding hydrogens is 138 g/mol. The summed E-state index contributed by atoms with van der Waals surface area (Å²) in [4.78, 5) is 7.04. The molecule has 0 aromatic heterocycles. The summed E-state index contributed by atoms with van der Waals surface area (Å²) in [6, 6.07) is 0. The van der Waals surface area contributed by atoms with Crippen molar-refractivity contribution in [2.24, 2.45) is 0 Å². The van der Waals surface area contributed by atoms with Crippen LogP contribution in [0.3, 0.4) is 0 Å². The van der Waals surface area contributed by atoms with Crippen LogP contribution in [0.4, 0.5) is 0 Å². The molecule has 1 atom stereocenters. The zero-order valence-electron chi connectivity index (χ0n) is 4.51. The van der Waals surface area contributed by atoms with E-state index < -0.39 is 8.69 Å². The van der Waals surface area contributed by atoms with Gasteiger partial charge in [-0.25, -0.2) is 0 Å². The fraction of sp³-hybridized carbons (Fsp3) is 0.333. The maximum atomic E-state index is 8.51. The molecule has 1 N–H and O–H groups in total. The van der Waals surface area contributed by atoms with Crippen LogP contribution in [0.15, 0.2) is 6.08 Å². The van der Waals surface area contributed by atoms with Crippen molar-refractivity contribution in [1.29, 1.82) is 0 Å². The molecule has 0 amide bonds. The Morgan fingerprint density at radius 1 is 1.86 bits per heavy atom. The van der Waals surface area contributed by atoms with E-state index in [1.807, 2.05) is 0 Å². The number of hydrogen-bond acceptors (Lipinski definition) is 1. The van der Waals surface area contributed by atoms with Crippen molar-refractivity contribution in [2.45, 2.75) is 6.92 Å². The van der Waals surface area contributed by atoms with Crippen molar-refractivity contribution in [2.75, 3.05) is 0 Å². The van der Waals surface area contributed by atoms with Crippen molar-refractivity contribution in [3.8, 4) is 0 Å². The smallest absolute Gasteiger partial charge is 0.518 e. The number of hydrogen-bond donors (Lipinski definition) is 1. The van der Waals surface area contributed by atoms with Gasteiger partial charge in [0.2, 0.25) is 0 Å². The van der Waals surface area contributed by atoms with Gasteiger partial charge in [0.15, 0.2) is 0 Å². The Kier molecular flexibility index (Phi) is 58.8. The molecule has 1 unspecified atom stereocenters. The molecule has 4 heteroatoms. The van der Waals surface area contributed by atoms with E-state index in [0.717, 1.165) is 0 Å². The van der Waals surface area contributed by atoms with Crippen LogP contribution in [-0.4, -0.2) is 4.89 Å². The summed E-state index contributed by atoms with van der Waals surface area (Å²) in [5, 5.41) is 0. The van der Waals surface area contributed by atoms with E-state index >= 15 is 0 Å². The third-order valence-electron chi connectivity index (χ3n) is 0. The first-order chi connectivity index (χ1) is 2.83. The molecule has 0 bridgehead atoms. The van der Waals surface area contributed by atoms with E-state index in [9.17, 15) is 0 Å². The molecule has 0 saturated carbocycles. The van der Waals surface area contributed by atoms with E-state index in [4.69, 9.17) is 16.0 Å². The molecule has 0 aliphatic heterocycles. The molecule has 7 heavy (non-hydrogen) atoms. The van der Waals surface area contributed by atoms with Gasteiger partial charge in [-0.1, -0.05) is 6.92 Å². The fourth-order valence-corrected chi connectivity index (χ4v) is 0. The SMILES string of the molecule is O=[PH+]O.[CH-]=CC.[K+]. The van der Waals surface area contributed by atoms with E-state index in [-0.39, 0.29) is 51.4 Å². The molecule has 36 valence electrons. The second-order valence-corrected chi connectivity index (χ2v) is 0.607. The van der Waals surface area contributed by atoms with E-state index in [1.54, 1.807) is 6.92 Å². The van der Waals surface area contributed by atoms with Crippen LogP contribution in [0.1, 0.15) is 6.92 Å². The summed E-state index contributed by atoms with van der Waals surface area (Å²) < 4.78 is 8.51. The Labute approximate surface area is 87.7 Å². The summed E-state index contributed by atoms with van der Waals surface area (Å²) >= 11 is 0. The van der Waals surface area contributed by atoms with Gasteiger partial charge in [-0.2, -0.15) is 4.89 Å². The van der Waals surface area contributed by atoms with Crippen LogP contribution in [0.5, 0.6) is 0 Å². The standard InChI is InChI=1S/C3H5.K.HO2P/c1-3-2;;1-3-2/h1,3H,2H3;;3H/q-1;+1;/p+1. The zero-order valence-corrected chi connectivity index (χ0v) is 8.63. The Bertz CT molecular complexity index is 33.9. The zero-order chi connectivity index (χ0) is 5.41. The first kappa shape index (κ1) is 15.8. The predicted molar refractivity (Wildman–Crippen MR) is 25.8 cm³/mol. The van der Waals surface area contributed by atoms with Gasteiger partial charge in [0.05, 0.1) is 0 Å². The molecule has 2 nitrogen and oxygen atoms in total. The van der Waals surface area contributed by atoms with Crippen LogP contribution in [-0.2, 0) is 4.57 Å². The molecule has 0 saturated heterocycles. The van der Waals surface area contributed by atoms with Crippen molar-refractivity contribution < 1.29 is 60.8 Å². The van der Waals surface area contributed by atoms with Crippen molar-refractivity contribution in [1.82, 2.24) is 0 Å². The summed E-state index contributed by atoms with van der Waals surface area (Å²) in [6.45, 7) is 6.50. The second-order valence-electron chi connectivity index (χ2n) is 0.425. The van der Waals surface area contributed by atoms with Crippen molar-refractivity contribution in [3.63, 3.8) is 0 Å². The predicted octanol–water partition coefficient (Wildman–Crippen LogP) is -2.08. The Morgan fingerprint density at radius 2 is 1.86 bits per heavy atom. The van der Waals surface area contributed by atoms with E-state index in [1.165, 1.54) is 6.08 Å². The normalized spacial score (nSPS) is 4.86. The maximum Gasteiger partial charge on any atom is 1.00 e. The minimum Gasteiger partial charge on any atom is -0.518 e. The molecular formula is C3H7KO2P+. The van der Waals surface area contributed by atoms with Crippen LogP contribution in [0.25, 0.3) is 0 Å². The van der Waals surface area contributed by atoms with Gasteiger partial charge >= 0.3 is 60.1 Å².